The summed E-state index contributed by atoms with van der Waals surface area (Å²) in [7, 11) is 0. The summed E-state index contributed by atoms with van der Waals surface area (Å²) in [5.41, 5.74) is -1.31. The Hall–Kier alpha value is -2.57. The maximum absolute atomic E-state index is 12.5. The summed E-state index contributed by atoms with van der Waals surface area (Å²) < 4.78 is 5.04. The summed E-state index contributed by atoms with van der Waals surface area (Å²) in [5, 5.41) is 10.7. The molecule has 0 heterocycles. The largest absolute Gasteiger partial charge is 0.465 e. The molecule has 1 aromatic rings. The minimum atomic E-state index is -1.42. The van der Waals surface area contributed by atoms with Crippen LogP contribution >= 0.6 is 0 Å². The first kappa shape index (κ1) is 17.8. The number of benzene rings is 1. The Bertz CT molecular complexity index is 666. The van der Waals surface area contributed by atoms with E-state index in [0.29, 0.717) is 19.3 Å². The van der Waals surface area contributed by atoms with Gasteiger partial charge < -0.3 is 4.74 Å². The standard InChI is InChI=1S/C17H19NO6/c1-2-24-16(21)17(10-4-3-5-15(17)20)11-14(19)12-6-8-13(9-7-12)18(22)23/h6-9H,2-5,10-11H2,1H3. The van der Waals surface area contributed by atoms with Crippen LogP contribution in [0.15, 0.2) is 24.3 Å². The van der Waals surface area contributed by atoms with Gasteiger partial charge in [0.2, 0.25) is 0 Å². The lowest BCUT2D eigenvalue weighted by atomic mass is 9.69. The molecule has 128 valence electrons. The first-order chi connectivity index (χ1) is 11.4. The summed E-state index contributed by atoms with van der Waals surface area (Å²) in [5.74, 6) is -1.30. The minimum Gasteiger partial charge on any atom is -0.465 e. The van der Waals surface area contributed by atoms with E-state index in [-0.39, 0.29) is 36.5 Å². The number of esters is 1. The van der Waals surface area contributed by atoms with E-state index in [1.165, 1.54) is 24.3 Å². The van der Waals surface area contributed by atoms with Gasteiger partial charge >= 0.3 is 5.97 Å². The van der Waals surface area contributed by atoms with Crippen molar-refractivity contribution in [1.82, 2.24) is 0 Å². The van der Waals surface area contributed by atoms with Gasteiger partial charge in [0.05, 0.1) is 11.5 Å². The molecule has 1 saturated carbocycles. The normalized spacial score (nSPS) is 20.5. The molecule has 0 bridgehead atoms. The predicted molar refractivity (Wildman–Crippen MR) is 84.6 cm³/mol. The molecule has 1 aliphatic rings. The molecular weight excluding hydrogens is 314 g/mol. The molecule has 0 radical (unpaired) electrons. The van der Waals surface area contributed by atoms with Gasteiger partial charge in [-0.1, -0.05) is 6.42 Å². The van der Waals surface area contributed by atoms with Crippen molar-refractivity contribution < 1.29 is 24.0 Å². The van der Waals surface area contributed by atoms with E-state index < -0.39 is 22.1 Å². The van der Waals surface area contributed by atoms with Crippen LogP contribution in [0.25, 0.3) is 0 Å². The van der Waals surface area contributed by atoms with E-state index in [1.54, 1.807) is 6.92 Å². The number of nitro groups is 1. The Balaban J connectivity index is 2.25. The fourth-order valence-electron chi connectivity index (χ4n) is 2.98. The lowest BCUT2D eigenvalue weighted by Crippen LogP contribution is -2.44. The van der Waals surface area contributed by atoms with Crippen LogP contribution in [0, 0.1) is 15.5 Å². The Morgan fingerprint density at radius 3 is 2.46 bits per heavy atom. The summed E-state index contributed by atoms with van der Waals surface area (Å²) in [6.07, 6.45) is 1.67. The lowest BCUT2D eigenvalue weighted by molar-refractivity contribution is -0.384. The van der Waals surface area contributed by atoms with Crippen LogP contribution in [-0.2, 0) is 14.3 Å². The number of nitrogens with zero attached hydrogens (tertiary/aromatic N) is 1. The second kappa shape index (κ2) is 7.33. The average Bonchev–Trinajstić information content (AvgIpc) is 2.57. The van der Waals surface area contributed by atoms with Crippen molar-refractivity contribution in [3.63, 3.8) is 0 Å². The molecule has 0 spiro atoms. The molecule has 1 atom stereocenters. The van der Waals surface area contributed by atoms with E-state index >= 15 is 0 Å². The monoisotopic (exact) mass is 333 g/mol. The van der Waals surface area contributed by atoms with Crippen LogP contribution in [0.2, 0.25) is 0 Å². The number of nitro benzene ring substituents is 1. The molecule has 1 unspecified atom stereocenters. The smallest absolute Gasteiger partial charge is 0.320 e. The maximum Gasteiger partial charge on any atom is 0.320 e. The van der Waals surface area contributed by atoms with Gasteiger partial charge in [0.25, 0.3) is 5.69 Å². The van der Waals surface area contributed by atoms with Crippen LogP contribution in [-0.4, -0.2) is 29.1 Å². The molecule has 24 heavy (non-hydrogen) atoms. The number of Topliss-reactive ketones (excluding diaryl/α,β-unsaturated/α-hetero) is 2. The molecule has 1 aliphatic carbocycles. The number of hydrogen-bond acceptors (Lipinski definition) is 6. The molecule has 0 saturated heterocycles. The number of carbonyl (C=O) groups excluding carboxylic acids is 3. The zero-order chi connectivity index (χ0) is 17.7. The van der Waals surface area contributed by atoms with Crippen molar-refractivity contribution in [2.45, 2.75) is 39.0 Å². The van der Waals surface area contributed by atoms with Crippen LogP contribution in [0.3, 0.4) is 0 Å². The first-order valence-corrected chi connectivity index (χ1v) is 7.89. The number of carbonyl (C=O) groups is 3. The predicted octanol–water partition coefficient (Wildman–Crippen LogP) is 2.86. The van der Waals surface area contributed by atoms with Crippen molar-refractivity contribution in [3.8, 4) is 0 Å². The van der Waals surface area contributed by atoms with Gasteiger partial charge in [0.15, 0.2) is 11.6 Å². The molecule has 1 fully saturated rings. The highest BCUT2D eigenvalue weighted by atomic mass is 16.6. The van der Waals surface area contributed by atoms with Crippen LogP contribution in [0.1, 0.15) is 49.4 Å². The van der Waals surface area contributed by atoms with E-state index in [4.69, 9.17) is 4.74 Å². The average molecular weight is 333 g/mol. The Kier molecular flexibility index (Phi) is 5.43. The highest BCUT2D eigenvalue weighted by Crippen LogP contribution is 2.39. The second-order valence-electron chi connectivity index (χ2n) is 5.84. The zero-order valence-corrected chi connectivity index (χ0v) is 13.4. The van der Waals surface area contributed by atoms with E-state index in [2.05, 4.69) is 0 Å². The highest BCUT2D eigenvalue weighted by molar-refractivity contribution is 6.10. The summed E-state index contributed by atoms with van der Waals surface area (Å²) in [6.45, 7) is 1.79. The molecular formula is C17H19NO6. The molecule has 7 nitrogen and oxygen atoms in total. The molecule has 0 amide bonds. The molecule has 2 rings (SSSR count). The van der Waals surface area contributed by atoms with Gasteiger partial charge in [0.1, 0.15) is 5.41 Å². The zero-order valence-electron chi connectivity index (χ0n) is 13.4. The van der Waals surface area contributed by atoms with Gasteiger partial charge in [-0.25, -0.2) is 0 Å². The third-order valence-corrected chi connectivity index (χ3v) is 4.32. The van der Waals surface area contributed by atoms with Gasteiger partial charge in [-0.2, -0.15) is 0 Å². The van der Waals surface area contributed by atoms with Gasteiger partial charge in [-0.15, -0.1) is 0 Å². The molecule has 1 aromatic carbocycles. The number of ether oxygens (including phenoxy) is 1. The SMILES string of the molecule is CCOC(=O)C1(CC(=O)c2ccc([N+](=O)[O-])cc2)CCCCC1=O. The topological polar surface area (TPSA) is 104 Å². The van der Waals surface area contributed by atoms with Crippen molar-refractivity contribution >= 4 is 23.2 Å². The molecule has 0 aromatic heterocycles. The lowest BCUT2D eigenvalue weighted by Gasteiger charge is -2.32. The fourth-order valence-corrected chi connectivity index (χ4v) is 2.98. The van der Waals surface area contributed by atoms with Crippen molar-refractivity contribution in [2.75, 3.05) is 6.61 Å². The summed E-state index contributed by atoms with van der Waals surface area (Å²) >= 11 is 0. The van der Waals surface area contributed by atoms with Crippen molar-refractivity contribution in [2.24, 2.45) is 5.41 Å². The number of hydrogen-bond donors (Lipinski definition) is 0. The molecule has 0 N–H and O–H groups in total. The van der Waals surface area contributed by atoms with Crippen LogP contribution in [0.5, 0.6) is 0 Å². The summed E-state index contributed by atoms with van der Waals surface area (Å²) in [4.78, 5) is 47.4. The van der Waals surface area contributed by atoms with Crippen LogP contribution < -0.4 is 0 Å². The number of rotatable bonds is 6. The first-order valence-electron chi connectivity index (χ1n) is 7.89. The number of non-ortho nitro benzene ring substituents is 1. The second-order valence-corrected chi connectivity index (χ2v) is 5.84. The summed E-state index contributed by atoms with van der Waals surface area (Å²) in [6, 6.07) is 5.14. The van der Waals surface area contributed by atoms with Gasteiger partial charge in [-0.05, 0) is 31.9 Å². The molecule has 0 aliphatic heterocycles. The van der Waals surface area contributed by atoms with Crippen LogP contribution in [0.4, 0.5) is 5.69 Å². The van der Waals surface area contributed by atoms with Gasteiger partial charge in [0, 0.05) is 30.5 Å². The maximum atomic E-state index is 12.5. The van der Waals surface area contributed by atoms with E-state index in [0.717, 1.165) is 0 Å². The Morgan fingerprint density at radius 1 is 1.25 bits per heavy atom. The van der Waals surface area contributed by atoms with Crippen molar-refractivity contribution in [1.29, 1.82) is 0 Å². The fraction of sp³-hybridized carbons (Fsp3) is 0.471. The van der Waals surface area contributed by atoms with E-state index in [1.807, 2.05) is 0 Å². The van der Waals surface area contributed by atoms with E-state index in [9.17, 15) is 24.5 Å². The number of ketones is 2. The highest BCUT2D eigenvalue weighted by Gasteiger charge is 2.49. The Labute approximate surface area is 139 Å². The van der Waals surface area contributed by atoms with Crippen molar-refractivity contribution in [3.05, 3.63) is 39.9 Å². The third-order valence-electron chi connectivity index (χ3n) is 4.32. The Morgan fingerprint density at radius 2 is 1.92 bits per heavy atom. The van der Waals surface area contributed by atoms with Gasteiger partial charge in [-0.3, -0.25) is 24.5 Å². The third kappa shape index (κ3) is 3.50. The quantitative estimate of drug-likeness (QED) is 0.261. The minimum absolute atomic E-state index is 0.125. The molecule has 7 heteroatoms.